The molecule has 3 aromatic carbocycles. The molecule has 5 N–H and O–H groups in total. The molecule has 0 radical (unpaired) electrons. The minimum Gasteiger partial charge on any atom is -0.462 e. The van der Waals surface area contributed by atoms with Crippen molar-refractivity contribution in [2.24, 2.45) is 5.10 Å². The van der Waals surface area contributed by atoms with Gasteiger partial charge < -0.3 is 29.9 Å². The zero-order chi connectivity index (χ0) is 32.8. The van der Waals surface area contributed by atoms with Gasteiger partial charge in [0, 0.05) is 5.56 Å². The van der Waals surface area contributed by atoms with Crippen LogP contribution in [-0.4, -0.2) is 96.0 Å². The van der Waals surface area contributed by atoms with E-state index in [1.807, 2.05) is 60.7 Å². The minimum atomic E-state index is -3.11. The van der Waals surface area contributed by atoms with Crippen LogP contribution >= 0.6 is 0 Å². The van der Waals surface area contributed by atoms with Crippen molar-refractivity contribution in [3.63, 3.8) is 0 Å². The molecule has 46 heavy (non-hydrogen) atoms. The van der Waals surface area contributed by atoms with E-state index in [0.717, 1.165) is 11.3 Å². The molecule has 0 bridgehead atoms. The van der Waals surface area contributed by atoms with Crippen LogP contribution in [0.15, 0.2) is 96.4 Å². The number of aliphatic hydroxyl groups is 4. The molecule has 3 heterocycles. The van der Waals surface area contributed by atoms with E-state index < -0.39 is 47.9 Å². The van der Waals surface area contributed by atoms with Crippen molar-refractivity contribution in [3.05, 3.63) is 102 Å². The highest BCUT2D eigenvalue weighted by Crippen LogP contribution is 2.27. The van der Waals surface area contributed by atoms with E-state index >= 15 is 0 Å². The first kappa shape index (κ1) is 32.3. The Morgan fingerprint density at radius 2 is 1.54 bits per heavy atom. The van der Waals surface area contributed by atoms with Gasteiger partial charge in [0.2, 0.25) is 6.29 Å². The molecule has 16 heteroatoms. The molecule has 0 aliphatic carbocycles. The lowest BCUT2D eigenvalue weighted by atomic mass is 9.99. The second kappa shape index (κ2) is 14.3. The first-order valence-electron chi connectivity index (χ1n) is 13.7. The van der Waals surface area contributed by atoms with Gasteiger partial charge in [-0.3, -0.25) is 5.41 Å². The molecular weight excluding hydrogens is 620 g/mol. The Morgan fingerprint density at radius 3 is 2.17 bits per heavy atom. The number of hydrogen-bond donors (Lipinski definition) is 5. The number of nitrogens with zero attached hydrogens (tertiary/aromatic N) is 5. The Hall–Kier alpha value is -5.10. The van der Waals surface area contributed by atoms with Crippen molar-refractivity contribution < 1.29 is 42.5 Å². The van der Waals surface area contributed by atoms with Gasteiger partial charge in [-0.05, 0) is 42.0 Å². The lowest BCUT2D eigenvalue weighted by Gasteiger charge is -2.39. The van der Waals surface area contributed by atoms with Gasteiger partial charge in [-0.15, -0.1) is 12.6 Å². The van der Waals surface area contributed by atoms with E-state index in [1.54, 1.807) is 35.2 Å². The van der Waals surface area contributed by atoms with Crippen LogP contribution in [0.5, 0.6) is 5.75 Å². The maximum absolute atomic E-state index is 10.2. The zero-order valence-electron chi connectivity index (χ0n) is 23.8. The van der Waals surface area contributed by atoms with Gasteiger partial charge in [-0.1, -0.05) is 48.5 Å². The first-order chi connectivity index (χ1) is 22.2. The van der Waals surface area contributed by atoms with Crippen LogP contribution in [0.25, 0.3) is 28.0 Å². The predicted molar refractivity (Wildman–Crippen MR) is 162 cm³/mol. The Bertz CT molecular complexity index is 1980. The minimum absolute atomic E-state index is 0.111. The second-order valence-electron chi connectivity index (χ2n) is 9.93. The molecule has 1 aliphatic rings. The largest absolute Gasteiger partial charge is 0.462 e. The highest BCUT2D eigenvalue weighted by Gasteiger charge is 2.44. The predicted octanol–water partition coefficient (Wildman–Crippen LogP) is 0.425. The fourth-order valence-electron chi connectivity index (χ4n) is 4.72. The topological polar surface area (TPSA) is 222 Å². The SMILES string of the molecule is N=c1c2c(-c3ccccc3)nn(-c3ccccc3)c2ncn1/N=C\c1ccc(OC2OC(CO)C(O)C(O)C2O)cc1.O=S(=O)=O. The summed E-state index contributed by atoms with van der Waals surface area (Å²) >= 11 is 0. The maximum Gasteiger partial charge on any atom is 0.425 e. The van der Waals surface area contributed by atoms with Crippen LogP contribution < -0.4 is 10.2 Å². The summed E-state index contributed by atoms with van der Waals surface area (Å²) in [6, 6.07) is 25.9. The van der Waals surface area contributed by atoms with Crippen LogP contribution in [0.3, 0.4) is 0 Å². The van der Waals surface area contributed by atoms with Crippen molar-refractivity contribution in [1.82, 2.24) is 19.4 Å². The molecule has 0 saturated carbocycles. The lowest BCUT2D eigenvalue weighted by molar-refractivity contribution is -0.277. The average molecular weight is 649 g/mol. The number of hydrogen-bond acceptors (Lipinski definition) is 13. The smallest absolute Gasteiger partial charge is 0.425 e. The summed E-state index contributed by atoms with van der Waals surface area (Å²) in [6.07, 6.45) is -3.82. The number of benzene rings is 3. The molecule has 6 rings (SSSR count). The molecule has 2 aromatic heterocycles. The molecule has 5 atom stereocenters. The molecule has 1 saturated heterocycles. The average Bonchev–Trinajstić information content (AvgIpc) is 3.46. The Balaban J connectivity index is 0.000000985. The zero-order valence-corrected chi connectivity index (χ0v) is 24.6. The molecule has 5 aromatic rings. The Kier molecular flexibility index (Phi) is 10.1. The first-order valence-corrected chi connectivity index (χ1v) is 14.7. The van der Waals surface area contributed by atoms with Gasteiger partial charge in [0.1, 0.15) is 42.2 Å². The van der Waals surface area contributed by atoms with Gasteiger partial charge in [-0.25, -0.2) is 14.3 Å². The van der Waals surface area contributed by atoms with Gasteiger partial charge in [0.15, 0.2) is 11.1 Å². The lowest BCUT2D eigenvalue weighted by Crippen LogP contribution is -2.60. The van der Waals surface area contributed by atoms with Crippen LogP contribution in [0.4, 0.5) is 0 Å². The third-order valence-electron chi connectivity index (χ3n) is 6.98. The fraction of sp³-hybridized carbons (Fsp3) is 0.200. The maximum atomic E-state index is 10.2. The summed E-state index contributed by atoms with van der Waals surface area (Å²) in [7, 11) is -3.11. The molecule has 1 fully saturated rings. The third kappa shape index (κ3) is 7.07. The summed E-state index contributed by atoms with van der Waals surface area (Å²) in [5.74, 6) is 0.328. The van der Waals surface area contributed by atoms with E-state index in [2.05, 4.69) is 10.1 Å². The molecule has 0 amide bonds. The standard InChI is InChI=1S/C30H28N6O6.O3S/c31-28-23-24(19-7-3-1-4-8-19)34-36(20-9-5-2-6-10-20)29(23)32-17-35(28)33-15-18-11-13-21(14-12-18)41-30-27(40)26(39)25(38)22(16-37)42-30;1-4(2)3/h1-15,17,22,25-27,30-31,37-40H,16H2;/b31-28?,33-15-;. The van der Waals surface area contributed by atoms with Crippen molar-refractivity contribution in [2.75, 3.05) is 6.61 Å². The molecule has 238 valence electrons. The molecule has 15 nitrogen and oxygen atoms in total. The van der Waals surface area contributed by atoms with E-state index in [1.165, 1.54) is 11.0 Å². The van der Waals surface area contributed by atoms with Crippen molar-refractivity contribution in [3.8, 4) is 22.7 Å². The summed E-state index contributed by atoms with van der Waals surface area (Å²) < 4.78 is 39.5. The number of para-hydroxylation sites is 1. The number of aliphatic hydroxyl groups excluding tert-OH is 4. The number of ether oxygens (including phenoxy) is 2. The molecule has 1 aliphatic heterocycles. The highest BCUT2D eigenvalue weighted by molar-refractivity contribution is 7.59. The summed E-state index contributed by atoms with van der Waals surface area (Å²) in [5, 5.41) is 58.3. The summed E-state index contributed by atoms with van der Waals surface area (Å²) in [6.45, 7) is -0.545. The van der Waals surface area contributed by atoms with Gasteiger partial charge in [0.05, 0.1) is 23.9 Å². The van der Waals surface area contributed by atoms with E-state index in [-0.39, 0.29) is 5.49 Å². The van der Waals surface area contributed by atoms with Crippen LogP contribution in [0, 0.1) is 5.41 Å². The molecule has 5 unspecified atom stereocenters. The van der Waals surface area contributed by atoms with Gasteiger partial charge in [-0.2, -0.15) is 10.2 Å². The van der Waals surface area contributed by atoms with Crippen LogP contribution in [0.2, 0.25) is 0 Å². The van der Waals surface area contributed by atoms with E-state index in [4.69, 9.17) is 32.6 Å². The highest BCUT2D eigenvalue weighted by atomic mass is 32.2. The fourth-order valence-corrected chi connectivity index (χ4v) is 4.72. The van der Waals surface area contributed by atoms with E-state index in [9.17, 15) is 20.4 Å². The van der Waals surface area contributed by atoms with Crippen LogP contribution in [-0.2, 0) is 15.3 Å². The summed E-state index contributed by atoms with van der Waals surface area (Å²) in [5.41, 5.74) is 3.62. The monoisotopic (exact) mass is 648 g/mol. The normalized spacial score (nSPS) is 21.1. The van der Waals surface area contributed by atoms with Gasteiger partial charge in [0.25, 0.3) is 0 Å². The van der Waals surface area contributed by atoms with E-state index in [0.29, 0.717) is 28.0 Å². The number of rotatable bonds is 7. The number of nitrogens with one attached hydrogen (secondary N) is 1. The van der Waals surface area contributed by atoms with Crippen molar-refractivity contribution >= 4 is 27.9 Å². The third-order valence-corrected chi connectivity index (χ3v) is 6.98. The van der Waals surface area contributed by atoms with Crippen molar-refractivity contribution in [1.29, 1.82) is 5.41 Å². The molecular formula is C30H28N6O9S. The number of aromatic nitrogens is 4. The summed E-state index contributed by atoms with van der Waals surface area (Å²) in [4.78, 5) is 4.60. The Morgan fingerprint density at radius 1 is 0.913 bits per heavy atom. The number of fused-ring (bicyclic) bond motifs is 1. The second-order valence-corrected chi connectivity index (χ2v) is 10.3. The Labute approximate surface area is 262 Å². The quantitative estimate of drug-likeness (QED) is 0.152. The van der Waals surface area contributed by atoms with Crippen LogP contribution in [0.1, 0.15) is 5.56 Å². The molecule has 0 spiro atoms. The van der Waals surface area contributed by atoms with Crippen molar-refractivity contribution in [2.45, 2.75) is 30.7 Å². The van der Waals surface area contributed by atoms with Gasteiger partial charge >= 0.3 is 10.6 Å².